The third kappa shape index (κ3) is 37.5. The van der Waals surface area contributed by atoms with Gasteiger partial charge in [0, 0.05) is 22.0 Å². The number of carbonyl (C=O) groups is 1. The first-order valence-electron chi connectivity index (χ1n) is 33.6. The maximum absolute atomic E-state index is 11.0. The van der Waals surface area contributed by atoms with Crippen LogP contribution in [-0.4, -0.2) is 38.2 Å². The molecule has 0 aromatic heterocycles. The summed E-state index contributed by atoms with van der Waals surface area (Å²) in [4.78, 5) is 11.4. The number of carbonyl (C=O) groups excluding carboxylic acids is 1. The van der Waals surface area contributed by atoms with E-state index in [9.17, 15) is 9.00 Å². The fraction of sp³-hybridized carbons (Fsp3) is 0.488. The molecule has 90 heavy (non-hydrogen) atoms. The highest BCUT2D eigenvalue weighted by Gasteiger charge is 2.36. The molecule has 0 bridgehead atoms. The van der Waals surface area contributed by atoms with Crippen LogP contribution in [0, 0.1) is 24.7 Å². The van der Waals surface area contributed by atoms with Gasteiger partial charge in [-0.3, -0.25) is 9.00 Å². The van der Waals surface area contributed by atoms with Crippen LogP contribution in [0.3, 0.4) is 0 Å². The molecule has 0 N–H and O–H groups in total. The molecule has 7 rings (SSSR count). The lowest BCUT2D eigenvalue weighted by molar-refractivity contribution is -0.146. The molecule has 4 nitrogen and oxygen atoms in total. The Balaban J connectivity index is 0. The largest absolute Gasteiger partial charge is 0.497 e. The fourth-order valence-corrected chi connectivity index (χ4v) is 9.93. The first-order valence-corrected chi connectivity index (χ1v) is 38.2. The number of rotatable bonds is 13. The minimum Gasteiger partial charge on any atom is -0.497 e. The van der Waals surface area contributed by atoms with Crippen molar-refractivity contribution in [3.63, 3.8) is 0 Å². The maximum atomic E-state index is 11.0. The normalized spacial score (nSPS) is 11.1. The van der Waals surface area contributed by atoms with Crippen molar-refractivity contribution in [1.82, 2.24) is 0 Å². The van der Waals surface area contributed by atoms with Crippen molar-refractivity contribution >= 4 is 30.0 Å². The van der Waals surface area contributed by atoms with Crippen LogP contribution in [0.15, 0.2) is 187 Å². The number of hydrogen-bond acceptors (Lipinski definition) is 4. The molecule has 7 aromatic rings. The van der Waals surface area contributed by atoms with Crippen LogP contribution < -0.4 is 9.92 Å². The van der Waals surface area contributed by atoms with Crippen LogP contribution in [-0.2, 0) is 20.3 Å². The standard InChI is InChI=1S/C15H26Si.C15H16.C10H14OS.C10H14O.C10H14.C9H12.C6H12O2.C6H14.C3H8/c1-12(2)13-8-10-14(11-9-13)16(6,7)15(3,4)5;1-12(2)13-8-10-15(11-9-13)14-6-4-3-5-7-14;1-8(2)9-4-6-10(7-5-9)12(3)11;1-8(2)9-4-6-10(11-3)7-5-9;1-8(2)10-6-4-9(3)5-7-10;1-8(2)9-6-4-3-5-7-9;1-4-8-6(7)5(2)3;1-5(2)6(3)4;1-3-2/h8-12H,1-7H3;3-12H,1-2H3;4-8H,1-3H3;4-8H,1-3H3;4-8H,1-3H3;3-8H,1-2H3;5H,4H2,1-3H3;5-6H,1-4H3;3H2,1-2H3. The zero-order valence-electron chi connectivity index (χ0n) is 62.5. The number of aryl methyl sites for hydroxylation is 1. The van der Waals surface area contributed by atoms with Crippen molar-refractivity contribution in [2.24, 2.45) is 17.8 Å². The summed E-state index contributed by atoms with van der Waals surface area (Å²) in [5, 5.41) is 2.00. The van der Waals surface area contributed by atoms with E-state index in [-0.39, 0.29) is 11.9 Å². The Kier molecular flexibility index (Phi) is 45.2. The number of ether oxygens (including phenoxy) is 2. The van der Waals surface area contributed by atoms with Crippen LogP contribution in [0.2, 0.25) is 18.1 Å². The summed E-state index contributed by atoms with van der Waals surface area (Å²) < 4.78 is 20.8. The molecule has 0 saturated heterocycles. The zero-order valence-corrected chi connectivity index (χ0v) is 64.3. The Labute approximate surface area is 558 Å². The highest BCUT2D eigenvalue weighted by Crippen LogP contribution is 2.35. The first kappa shape index (κ1) is 86.2. The SMILES string of the molecule is CC(C)C(C)C.CC(C)c1ccc(-c2ccccc2)cc1.CC(C)c1ccc(S(C)=O)cc1.CC(C)c1ccc([Si](C)(C)C(C)(C)C)cc1.CC(C)c1ccccc1.CCC.CCOC(=O)C(C)C.COc1ccc(C(C)C)cc1.Cc1ccc(C(C)C)cc1. The third-order valence-electron chi connectivity index (χ3n) is 15.8. The second kappa shape index (κ2) is 47.1. The van der Waals surface area contributed by atoms with Gasteiger partial charge in [-0.25, -0.2) is 0 Å². The van der Waals surface area contributed by atoms with Gasteiger partial charge in [0.2, 0.25) is 0 Å². The average Bonchev–Trinajstić information content (AvgIpc) is 1.20. The molecule has 0 fully saturated rings. The van der Waals surface area contributed by atoms with Gasteiger partial charge in [-0.15, -0.1) is 0 Å². The summed E-state index contributed by atoms with van der Waals surface area (Å²) in [7, 11) is -0.504. The lowest BCUT2D eigenvalue weighted by atomic mass is 9.99. The summed E-state index contributed by atoms with van der Waals surface area (Å²) in [5.41, 5.74) is 12.2. The molecular formula is C84H130O4SSi. The van der Waals surface area contributed by atoms with E-state index in [4.69, 9.17) is 4.74 Å². The van der Waals surface area contributed by atoms with Crippen LogP contribution in [0.5, 0.6) is 5.75 Å². The van der Waals surface area contributed by atoms with Gasteiger partial charge in [0.25, 0.3) is 0 Å². The van der Waals surface area contributed by atoms with Crippen LogP contribution in [0.1, 0.15) is 247 Å². The molecule has 6 heteroatoms. The predicted octanol–water partition coefficient (Wildman–Crippen LogP) is 25.2. The van der Waals surface area contributed by atoms with Gasteiger partial charge in [-0.2, -0.15) is 0 Å². The van der Waals surface area contributed by atoms with Crippen molar-refractivity contribution in [3.8, 4) is 16.9 Å². The number of hydrogen-bond donors (Lipinski definition) is 0. The van der Waals surface area contributed by atoms with E-state index in [1.807, 2.05) is 62.4 Å². The monoisotopic (exact) mass is 1260 g/mol. The van der Waals surface area contributed by atoms with Gasteiger partial charge >= 0.3 is 5.97 Å². The van der Waals surface area contributed by atoms with E-state index >= 15 is 0 Å². The quantitative estimate of drug-likeness (QED) is 0.0853. The van der Waals surface area contributed by atoms with Gasteiger partial charge in [-0.1, -0.05) is 347 Å². The van der Waals surface area contributed by atoms with Gasteiger partial charge in [0.05, 0.1) is 27.7 Å². The van der Waals surface area contributed by atoms with E-state index in [2.05, 4.69) is 304 Å². The van der Waals surface area contributed by atoms with Crippen LogP contribution in [0.4, 0.5) is 0 Å². The summed E-state index contributed by atoms with van der Waals surface area (Å²) in [6.45, 7) is 59.7. The van der Waals surface area contributed by atoms with E-state index in [0.717, 1.165) is 22.5 Å². The fourth-order valence-electron chi connectivity index (χ4n) is 7.54. The molecule has 0 aliphatic carbocycles. The first-order chi connectivity index (χ1) is 42.0. The smallest absolute Gasteiger partial charge is 0.308 e. The van der Waals surface area contributed by atoms with Crippen molar-refractivity contribution in [2.45, 2.75) is 238 Å². The second-order valence-corrected chi connectivity index (χ2v) is 34.3. The molecule has 500 valence electrons. The second-order valence-electron chi connectivity index (χ2n) is 27.6. The molecule has 0 spiro atoms. The number of methoxy groups -OCH3 is 1. The van der Waals surface area contributed by atoms with E-state index < -0.39 is 18.9 Å². The minimum absolute atomic E-state index is 0.00921. The topological polar surface area (TPSA) is 52.6 Å². The Bertz CT molecular complexity index is 2850. The molecule has 7 aromatic carbocycles. The van der Waals surface area contributed by atoms with Gasteiger partial charge in [0.1, 0.15) is 5.75 Å². The Morgan fingerprint density at radius 3 is 0.989 bits per heavy atom. The summed E-state index contributed by atoms with van der Waals surface area (Å²) in [6, 6.07) is 64.0. The Morgan fingerprint density at radius 2 is 0.722 bits per heavy atom. The van der Waals surface area contributed by atoms with Crippen LogP contribution >= 0.6 is 0 Å². The molecule has 0 saturated carbocycles. The molecule has 1 atom stereocenters. The maximum Gasteiger partial charge on any atom is 0.308 e. The molecule has 0 aliphatic heterocycles. The van der Waals surface area contributed by atoms with Gasteiger partial charge in [0.15, 0.2) is 0 Å². The van der Waals surface area contributed by atoms with E-state index in [0.29, 0.717) is 47.2 Å². The lowest BCUT2D eigenvalue weighted by Crippen LogP contribution is -2.49. The van der Waals surface area contributed by atoms with Crippen molar-refractivity contribution in [3.05, 3.63) is 221 Å². The lowest BCUT2D eigenvalue weighted by Gasteiger charge is -2.37. The number of benzene rings is 7. The molecular weight excluding hydrogens is 1130 g/mol. The number of esters is 1. The molecule has 0 aliphatic rings. The summed E-state index contributed by atoms with van der Waals surface area (Å²) in [6.07, 6.45) is 2.95. The predicted molar refractivity (Wildman–Crippen MR) is 406 cm³/mol. The van der Waals surface area contributed by atoms with Crippen molar-refractivity contribution in [2.75, 3.05) is 20.0 Å². The summed E-state index contributed by atoms with van der Waals surface area (Å²) >= 11 is 0. The van der Waals surface area contributed by atoms with Crippen molar-refractivity contribution < 1.29 is 18.5 Å². The van der Waals surface area contributed by atoms with Gasteiger partial charge in [-0.05, 0) is 135 Å². The Hall–Kier alpha value is -5.82. The highest BCUT2D eigenvalue weighted by molar-refractivity contribution is 7.84. The molecule has 1 unspecified atom stereocenters. The molecule has 0 radical (unpaired) electrons. The van der Waals surface area contributed by atoms with Crippen molar-refractivity contribution in [1.29, 1.82) is 0 Å². The van der Waals surface area contributed by atoms with Crippen LogP contribution in [0.25, 0.3) is 11.1 Å². The van der Waals surface area contributed by atoms with E-state index in [1.54, 1.807) is 25.5 Å². The summed E-state index contributed by atoms with van der Waals surface area (Å²) in [5.74, 6) is 6.21. The van der Waals surface area contributed by atoms with E-state index in [1.165, 1.54) is 56.5 Å². The third-order valence-corrected chi connectivity index (χ3v) is 22.3. The van der Waals surface area contributed by atoms with Gasteiger partial charge < -0.3 is 9.47 Å². The average molecular weight is 1260 g/mol. The molecule has 0 heterocycles. The molecule has 0 amide bonds. The highest BCUT2D eigenvalue weighted by atomic mass is 32.2. The Morgan fingerprint density at radius 1 is 0.433 bits per heavy atom. The zero-order chi connectivity index (χ0) is 69.3. The minimum atomic E-state index is -1.34.